The Morgan fingerprint density at radius 3 is 2.84 bits per heavy atom. The SMILES string of the molecule is CO[Si](C)(C)CCCOCC(O)CN1CCCOC1. The molecule has 5 nitrogen and oxygen atoms in total. The molecule has 0 spiro atoms. The third-order valence-corrected chi connectivity index (χ3v) is 6.10. The Bertz CT molecular complexity index is 235. The fraction of sp³-hybridized carbons (Fsp3) is 1.00. The van der Waals surface area contributed by atoms with Crippen molar-refractivity contribution in [3.8, 4) is 0 Å². The van der Waals surface area contributed by atoms with Gasteiger partial charge in [0.15, 0.2) is 8.32 Å². The van der Waals surface area contributed by atoms with Gasteiger partial charge in [0.2, 0.25) is 0 Å². The molecule has 1 atom stereocenters. The third-order valence-electron chi connectivity index (χ3n) is 3.44. The predicted molar refractivity (Wildman–Crippen MR) is 77.7 cm³/mol. The van der Waals surface area contributed by atoms with Crippen molar-refractivity contribution in [2.75, 3.05) is 46.8 Å². The topological polar surface area (TPSA) is 51.2 Å². The highest BCUT2D eigenvalue weighted by molar-refractivity contribution is 6.71. The van der Waals surface area contributed by atoms with Gasteiger partial charge in [0.1, 0.15) is 0 Å². The second-order valence-corrected chi connectivity index (χ2v) is 10.2. The van der Waals surface area contributed by atoms with Crippen molar-refractivity contribution in [2.45, 2.75) is 38.1 Å². The van der Waals surface area contributed by atoms with E-state index in [2.05, 4.69) is 18.0 Å². The molecule has 19 heavy (non-hydrogen) atoms. The summed E-state index contributed by atoms with van der Waals surface area (Å²) in [5.41, 5.74) is 0. The van der Waals surface area contributed by atoms with Crippen LogP contribution in [0.4, 0.5) is 0 Å². The van der Waals surface area contributed by atoms with Gasteiger partial charge in [-0.2, -0.15) is 0 Å². The maximum Gasteiger partial charge on any atom is 0.186 e. The fourth-order valence-electron chi connectivity index (χ4n) is 2.06. The van der Waals surface area contributed by atoms with Gasteiger partial charge in [-0.25, -0.2) is 0 Å². The summed E-state index contributed by atoms with van der Waals surface area (Å²) >= 11 is 0. The summed E-state index contributed by atoms with van der Waals surface area (Å²) in [4.78, 5) is 2.12. The van der Waals surface area contributed by atoms with Crippen LogP contribution in [0.15, 0.2) is 0 Å². The minimum Gasteiger partial charge on any atom is -0.420 e. The quantitative estimate of drug-likeness (QED) is 0.512. The van der Waals surface area contributed by atoms with Crippen molar-refractivity contribution in [3.63, 3.8) is 0 Å². The summed E-state index contributed by atoms with van der Waals surface area (Å²) in [5.74, 6) is 0. The second kappa shape index (κ2) is 9.04. The summed E-state index contributed by atoms with van der Waals surface area (Å²) < 4.78 is 16.3. The molecule has 1 N–H and O–H groups in total. The molecule has 0 bridgehead atoms. The van der Waals surface area contributed by atoms with Crippen LogP contribution in [0, 0.1) is 0 Å². The molecular weight excluding hydrogens is 262 g/mol. The number of aliphatic hydroxyl groups is 1. The zero-order valence-corrected chi connectivity index (χ0v) is 13.6. The van der Waals surface area contributed by atoms with Crippen molar-refractivity contribution in [2.24, 2.45) is 0 Å². The standard InChI is InChI=1S/C13H29NO4Si/c1-16-19(2,3)9-5-8-17-11-13(15)10-14-6-4-7-18-12-14/h13,15H,4-12H2,1-3H3. The number of nitrogens with zero attached hydrogens (tertiary/aromatic N) is 1. The molecule has 0 amide bonds. The first kappa shape index (κ1) is 17.1. The Labute approximate surface area is 118 Å². The molecule has 1 unspecified atom stereocenters. The smallest absolute Gasteiger partial charge is 0.186 e. The molecular formula is C13H29NO4Si. The number of rotatable bonds is 9. The average Bonchev–Trinajstić information content (AvgIpc) is 2.39. The first-order valence-electron chi connectivity index (χ1n) is 7.14. The van der Waals surface area contributed by atoms with Crippen molar-refractivity contribution in [1.29, 1.82) is 0 Å². The minimum absolute atomic E-state index is 0.408. The lowest BCUT2D eigenvalue weighted by molar-refractivity contribution is -0.0479. The molecule has 0 aromatic carbocycles. The molecule has 1 aliphatic heterocycles. The lowest BCUT2D eigenvalue weighted by atomic mass is 10.3. The highest BCUT2D eigenvalue weighted by Crippen LogP contribution is 2.12. The Morgan fingerprint density at radius 1 is 1.42 bits per heavy atom. The van der Waals surface area contributed by atoms with Crippen LogP contribution in [0.2, 0.25) is 19.1 Å². The fourth-order valence-corrected chi connectivity index (χ4v) is 3.26. The van der Waals surface area contributed by atoms with Crippen LogP contribution in [0.5, 0.6) is 0 Å². The molecule has 0 aliphatic carbocycles. The Hall–Kier alpha value is 0.0169. The van der Waals surface area contributed by atoms with Crippen molar-refractivity contribution < 1.29 is 19.0 Å². The second-order valence-electron chi connectivity index (χ2n) is 5.76. The maximum atomic E-state index is 9.87. The van der Waals surface area contributed by atoms with Gasteiger partial charge in [-0.05, 0) is 32.0 Å². The van der Waals surface area contributed by atoms with Gasteiger partial charge in [0.25, 0.3) is 0 Å². The Morgan fingerprint density at radius 2 is 2.21 bits per heavy atom. The van der Waals surface area contributed by atoms with Crippen LogP contribution in [-0.2, 0) is 13.9 Å². The molecule has 114 valence electrons. The van der Waals surface area contributed by atoms with Crippen LogP contribution in [-0.4, -0.2) is 71.2 Å². The summed E-state index contributed by atoms with van der Waals surface area (Å²) in [6.45, 7) is 8.63. The molecule has 0 aromatic rings. The van der Waals surface area contributed by atoms with Gasteiger partial charge in [0.05, 0.1) is 19.4 Å². The van der Waals surface area contributed by atoms with E-state index in [-0.39, 0.29) is 0 Å². The molecule has 0 radical (unpaired) electrons. The van der Waals surface area contributed by atoms with Gasteiger partial charge in [-0.1, -0.05) is 0 Å². The zero-order valence-electron chi connectivity index (χ0n) is 12.6. The molecule has 1 saturated heterocycles. The van der Waals surface area contributed by atoms with Crippen molar-refractivity contribution in [3.05, 3.63) is 0 Å². The van der Waals surface area contributed by atoms with Gasteiger partial charge >= 0.3 is 0 Å². The monoisotopic (exact) mass is 291 g/mol. The number of ether oxygens (including phenoxy) is 2. The molecule has 1 aliphatic rings. The summed E-state index contributed by atoms with van der Waals surface area (Å²) in [5, 5.41) is 9.87. The molecule has 1 rings (SSSR count). The number of hydrogen-bond donors (Lipinski definition) is 1. The van der Waals surface area contributed by atoms with Crippen LogP contribution < -0.4 is 0 Å². The highest BCUT2D eigenvalue weighted by atomic mass is 28.4. The third kappa shape index (κ3) is 8.01. The van der Waals surface area contributed by atoms with E-state index in [0.29, 0.717) is 26.5 Å². The van der Waals surface area contributed by atoms with Gasteiger partial charge in [-0.15, -0.1) is 0 Å². The average molecular weight is 291 g/mol. The first-order chi connectivity index (χ1) is 9.03. The Kier molecular flexibility index (Phi) is 8.13. The minimum atomic E-state index is -1.46. The molecule has 1 fully saturated rings. The van der Waals surface area contributed by atoms with E-state index >= 15 is 0 Å². The first-order valence-corrected chi connectivity index (χ1v) is 10.3. The van der Waals surface area contributed by atoms with Crippen molar-refractivity contribution >= 4 is 8.32 Å². The van der Waals surface area contributed by atoms with Gasteiger partial charge in [-0.3, -0.25) is 4.90 Å². The van der Waals surface area contributed by atoms with E-state index in [1.807, 2.05) is 0 Å². The van der Waals surface area contributed by atoms with Crippen molar-refractivity contribution in [1.82, 2.24) is 4.90 Å². The summed E-state index contributed by atoms with van der Waals surface area (Å²) in [6.07, 6.45) is 1.63. The highest BCUT2D eigenvalue weighted by Gasteiger charge is 2.19. The van der Waals surface area contributed by atoms with Crippen LogP contribution in [0.3, 0.4) is 0 Å². The number of β-amino-alcohol motifs (C(OH)–C–C–N with tert-alkyl or cyclic N) is 1. The van der Waals surface area contributed by atoms with Crippen LogP contribution in [0.1, 0.15) is 12.8 Å². The van der Waals surface area contributed by atoms with E-state index in [1.165, 1.54) is 0 Å². The number of hydrogen-bond acceptors (Lipinski definition) is 5. The van der Waals surface area contributed by atoms with Crippen LogP contribution in [0.25, 0.3) is 0 Å². The Balaban J connectivity index is 1.99. The molecule has 0 saturated carbocycles. The van der Waals surface area contributed by atoms with Gasteiger partial charge < -0.3 is 19.0 Å². The normalized spacial score (nSPS) is 19.6. The predicted octanol–water partition coefficient (Wildman–Crippen LogP) is 1.29. The molecule has 1 heterocycles. The number of aliphatic hydroxyl groups excluding tert-OH is 1. The molecule has 6 heteroatoms. The van der Waals surface area contributed by atoms with E-state index in [0.717, 1.165) is 32.0 Å². The largest absolute Gasteiger partial charge is 0.420 e. The summed E-state index contributed by atoms with van der Waals surface area (Å²) in [7, 11) is 0.332. The van der Waals surface area contributed by atoms with Gasteiger partial charge in [0, 0.05) is 33.4 Å². The van der Waals surface area contributed by atoms with Crippen LogP contribution >= 0.6 is 0 Å². The lowest BCUT2D eigenvalue weighted by Crippen LogP contribution is -2.40. The lowest BCUT2D eigenvalue weighted by Gasteiger charge is -2.28. The molecule has 0 aromatic heterocycles. The summed E-state index contributed by atoms with van der Waals surface area (Å²) in [6, 6.07) is 1.10. The van der Waals surface area contributed by atoms with E-state index < -0.39 is 14.4 Å². The van der Waals surface area contributed by atoms with E-state index in [1.54, 1.807) is 7.11 Å². The van der Waals surface area contributed by atoms with E-state index in [4.69, 9.17) is 13.9 Å². The zero-order chi connectivity index (χ0) is 14.1. The maximum absolute atomic E-state index is 9.87. The van der Waals surface area contributed by atoms with E-state index in [9.17, 15) is 5.11 Å².